The van der Waals surface area contributed by atoms with Gasteiger partial charge >= 0.3 is 0 Å². The number of H-pyrrole nitrogens is 1. The van der Waals surface area contributed by atoms with Gasteiger partial charge in [0, 0.05) is 30.1 Å². The van der Waals surface area contributed by atoms with Gasteiger partial charge in [0.15, 0.2) is 0 Å². The van der Waals surface area contributed by atoms with Crippen LogP contribution in [0.5, 0.6) is 0 Å². The molecule has 10 heteroatoms. The number of rotatable bonds is 6. The maximum Gasteiger partial charge on any atom is 0.234 e. The summed E-state index contributed by atoms with van der Waals surface area (Å²) in [5.74, 6) is 0.915. The predicted octanol–water partition coefficient (Wildman–Crippen LogP) is 3.84. The van der Waals surface area contributed by atoms with E-state index in [1.165, 1.54) is 0 Å². The van der Waals surface area contributed by atoms with Gasteiger partial charge in [-0.2, -0.15) is 0 Å². The molecule has 0 fully saturated rings. The summed E-state index contributed by atoms with van der Waals surface area (Å²) >= 11 is 0. The van der Waals surface area contributed by atoms with Crippen LogP contribution in [0.2, 0.25) is 0 Å². The Labute approximate surface area is 206 Å². The summed E-state index contributed by atoms with van der Waals surface area (Å²) in [5, 5.41) is 7.07. The van der Waals surface area contributed by atoms with Crippen LogP contribution in [0.1, 0.15) is 23.7 Å². The summed E-state index contributed by atoms with van der Waals surface area (Å²) in [6.45, 7) is 6.14. The Morgan fingerprint density at radius 2 is 1.94 bits per heavy atom. The summed E-state index contributed by atoms with van der Waals surface area (Å²) in [5.41, 5.74) is 10.9. The van der Waals surface area contributed by atoms with Crippen molar-refractivity contribution in [2.45, 2.75) is 33.7 Å². The number of nitrogens with zero attached hydrogens (tertiary/aromatic N) is 4. The number of anilines is 2. The molecular formula is C26H25N7O3. The topological polar surface area (TPSA) is 145 Å². The van der Waals surface area contributed by atoms with E-state index < -0.39 is 0 Å². The third-order valence-electron chi connectivity index (χ3n) is 6.23. The van der Waals surface area contributed by atoms with Gasteiger partial charge in [0.1, 0.15) is 22.9 Å². The summed E-state index contributed by atoms with van der Waals surface area (Å²) < 4.78 is 6.96. The van der Waals surface area contributed by atoms with Crippen LogP contribution in [-0.2, 0) is 17.8 Å². The minimum Gasteiger partial charge on any atom is -0.384 e. The Hall–Kier alpha value is -4.73. The number of benzene rings is 1. The fourth-order valence-electron chi connectivity index (χ4n) is 4.12. The number of aryl methyl sites for hydroxylation is 2. The molecule has 4 N–H and O–H groups in total. The van der Waals surface area contributed by atoms with Crippen molar-refractivity contribution < 1.29 is 9.32 Å². The van der Waals surface area contributed by atoms with Crippen LogP contribution in [0.25, 0.3) is 33.7 Å². The molecular weight excluding hydrogens is 458 g/mol. The number of imidazole rings is 1. The van der Waals surface area contributed by atoms with E-state index in [1.807, 2.05) is 55.7 Å². The highest BCUT2D eigenvalue weighted by Gasteiger charge is 2.19. The number of carbonyl (C=O) groups is 1. The second kappa shape index (κ2) is 9.14. The highest BCUT2D eigenvalue weighted by molar-refractivity contribution is 5.92. The number of nitrogens with one attached hydrogen (secondary N) is 2. The van der Waals surface area contributed by atoms with E-state index in [0.717, 1.165) is 22.4 Å². The standard InChI is InChI=1S/C26H25N7O3/c1-4-33-23(27)21(24-28-11-12-29-24)22(35)18-9-10-19(30-25(18)33)17-7-5-16(6-8-17)13-20(34)31-26-14(2)15(3)32-36-26/h5-12H,4,13,27H2,1-3H3,(H,28,29)(H,31,34). The molecule has 4 aromatic heterocycles. The summed E-state index contributed by atoms with van der Waals surface area (Å²) in [4.78, 5) is 37.6. The molecule has 0 radical (unpaired) electrons. The lowest BCUT2D eigenvalue weighted by Gasteiger charge is -2.15. The van der Waals surface area contributed by atoms with Gasteiger partial charge in [-0.05, 0) is 38.5 Å². The first-order chi connectivity index (χ1) is 17.4. The fourth-order valence-corrected chi connectivity index (χ4v) is 4.12. The maximum absolute atomic E-state index is 13.2. The first-order valence-corrected chi connectivity index (χ1v) is 11.5. The molecule has 0 bridgehead atoms. The van der Waals surface area contributed by atoms with E-state index in [-0.39, 0.29) is 17.8 Å². The SMILES string of the molecule is CCn1c(N)c(-c2ncc[nH]2)c(=O)c2ccc(-c3ccc(CC(=O)Nc4onc(C)c4C)cc3)nc21. The number of aromatic nitrogens is 5. The summed E-state index contributed by atoms with van der Waals surface area (Å²) in [6, 6.07) is 11.1. The Morgan fingerprint density at radius 3 is 2.58 bits per heavy atom. The highest BCUT2D eigenvalue weighted by atomic mass is 16.5. The largest absolute Gasteiger partial charge is 0.384 e. The third kappa shape index (κ3) is 4.02. The molecule has 1 amide bonds. The van der Waals surface area contributed by atoms with Crippen molar-refractivity contribution in [3.05, 3.63) is 75.8 Å². The minimum atomic E-state index is -0.222. The lowest BCUT2D eigenvalue weighted by atomic mass is 10.1. The van der Waals surface area contributed by atoms with Gasteiger partial charge in [0.25, 0.3) is 0 Å². The van der Waals surface area contributed by atoms with E-state index >= 15 is 0 Å². The van der Waals surface area contributed by atoms with Crippen molar-refractivity contribution in [3.8, 4) is 22.6 Å². The quantitative estimate of drug-likeness (QED) is 0.333. The number of nitrogens with two attached hydrogens (primary N) is 1. The average Bonchev–Trinajstić information content (AvgIpc) is 3.51. The summed E-state index contributed by atoms with van der Waals surface area (Å²) in [6.07, 6.45) is 3.42. The molecule has 1 aromatic carbocycles. The number of hydrogen-bond acceptors (Lipinski definition) is 7. The molecule has 0 aliphatic heterocycles. The number of aromatic amines is 1. The van der Waals surface area contributed by atoms with Crippen LogP contribution in [0.3, 0.4) is 0 Å². The van der Waals surface area contributed by atoms with Crippen molar-refractivity contribution in [3.63, 3.8) is 0 Å². The number of pyridine rings is 2. The first-order valence-electron chi connectivity index (χ1n) is 11.5. The molecule has 4 heterocycles. The molecule has 0 saturated heterocycles. The molecule has 5 rings (SSSR count). The lowest BCUT2D eigenvalue weighted by Crippen LogP contribution is -2.18. The Balaban J connectivity index is 1.43. The predicted molar refractivity (Wildman–Crippen MR) is 137 cm³/mol. The molecule has 0 unspecified atom stereocenters. The molecule has 36 heavy (non-hydrogen) atoms. The van der Waals surface area contributed by atoms with Gasteiger partial charge in [-0.25, -0.2) is 9.97 Å². The van der Waals surface area contributed by atoms with Crippen LogP contribution in [0, 0.1) is 13.8 Å². The van der Waals surface area contributed by atoms with Gasteiger partial charge in [0.2, 0.25) is 17.2 Å². The van der Waals surface area contributed by atoms with Crippen molar-refractivity contribution in [1.29, 1.82) is 0 Å². The van der Waals surface area contributed by atoms with Crippen molar-refractivity contribution in [1.82, 2.24) is 24.7 Å². The monoisotopic (exact) mass is 483 g/mol. The lowest BCUT2D eigenvalue weighted by molar-refractivity contribution is -0.115. The number of hydrogen-bond donors (Lipinski definition) is 3. The third-order valence-corrected chi connectivity index (χ3v) is 6.23. The fraction of sp³-hybridized carbons (Fsp3) is 0.192. The van der Waals surface area contributed by atoms with Gasteiger partial charge in [-0.15, -0.1) is 0 Å². The van der Waals surface area contributed by atoms with Crippen molar-refractivity contribution in [2.24, 2.45) is 0 Å². The van der Waals surface area contributed by atoms with Crippen LogP contribution < -0.4 is 16.5 Å². The molecule has 0 atom stereocenters. The van der Waals surface area contributed by atoms with Crippen LogP contribution in [-0.4, -0.2) is 30.6 Å². The van der Waals surface area contributed by atoms with E-state index in [1.54, 1.807) is 18.5 Å². The average molecular weight is 484 g/mol. The van der Waals surface area contributed by atoms with Crippen molar-refractivity contribution in [2.75, 3.05) is 11.1 Å². The van der Waals surface area contributed by atoms with E-state index in [2.05, 4.69) is 20.4 Å². The zero-order valence-corrected chi connectivity index (χ0v) is 20.1. The first kappa shape index (κ1) is 23.0. The molecule has 5 aromatic rings. The second-order valence-corrected chi connectivity index (χ2v) is 8.48. The molecule has 0 aliphatic carbocycles. The Morgan fingerprint density at radius 1 is 1.17 bits per heavy atom. The number of fused-ring (bicyclic) bond motifs is 1. The highest BCUT2D eigenvalue weighted by Crippen LogP contribution is 2.26. The van der Waals surface area contributed by atoms with E-state index in [4.69, 9.17) is 15.2 Å². The summed E-state index contributed by atoms with van der Waals surface area (Å²) in [7, 11) is 0. The molecule has 10 nitrogen and oxygen atoms in total. The van der Waals surface area contributed by atoms with E-state index in [0.29, 0.717) is 46.4 Å². The zero-order chi connectivity index (χ0) is 25.4. The van der Waals surface area contributed by atoms with Crippen LogP contribution >= 0.6 is 0 Å². The molecule has 182 valence electrons. The number of nitrogen functional groups attached to an aromatic ring is 1. The van der Waals surface area contributed by atoms with E-state index in [9.17, 15) is 9.59 Å². The van der Waals surface area contributed by atoms with Gasteiger partial charge in [0.05, 0.1) is 23.2 Å². The maximum atomic E-state index is 13.2. The number of amides is 1. The molecule has 0 spiro atoms. The Kier molecular flexibility index (Phi) is 5.85. The van der Waals surface area contributed by atoms with Gasteiger partial charge < -0.3 is 19.8 Å². The minimum absolute atomic E-state index is 0.187. The molecule has 0 aliphatic rings. The van der Waals surface area contributed by atoms with Crippen LogP contribution in [0.15, 0.2) is 58.1 Å². The zero-order valence-electron chi connectivity index (χ0n) is 20.1. The normalized spacial score (nSPS) is 11.2. The Bertz CT molecular complexity index is 1630. The van der Waals surface area contributed by atoms with Gasteiger partial charge in [-0.3, -0.25) is 14.9 Å². The molecule has 0 saturated carbocycles. The van der Waals surface area contributed by atoms with Crippen LogP contribution in [0.4, 0.5) is 11.7 Å². The van der Waals surface area contributed by atoms with Crippen molar-refractivity contribution >= 4 is 28.6 Å². The smallest absolute Gasteiger partial charge is 0.234 e. The number of carbonyl (C=O) groups excluding carboxylic acids is 1. The van der Waals surface area contributed by atoms with Gasteiger partial charge in [-0.1, -0.05) is 29.4 Å². The second-order valence-electron chi connectivity index (χ2n) is 8.48.